The van der Waals surface area contributed by atoms with E-state index in [9.17, 15) is 13.2 Å². The highest BCUT2D eigenvalue weighted by Crippen LogP contribution is 2.23. The summed E-state index contributed by atoms with van der Waals surface area (Å²) >= 11 is 1.53. The summed E-state index contributed by atoms with van der Waals surface area (Å²) in [5.41, 5.74) is 1.67. The summed E-state index contributed by atoms with van der Waals surface area (Å²) in [4.78, 5) is 4.22. The monoisotopic (exact) mass is 290 g/mol. The molecule has 0 saturated carbocycles. The second-order valence-electron chi connectivity index (χ2n) is 4.26. The summed E-state index contributed by atoms with van der Waals surface area (Å²) in [6.45, 7) is 1.20. The third kappa shape index (κ3) is 3.43. The molecule has 2 atom stereocenters. The van der Waals surface area contributed by atoms with E-state index in [0.29, 0.717) is 0 Å². The van der Waals surface area contributed by atoms with E-state index < -0.39 is 18.8 Å². The Labute approximate surface area is 112 Å². The van der Waals surface area contributed by atoms with Crippen molar-refractivity contribution in [2.24, 2.45) is 0 Å². The van der Waals surface area contributed by atoms with Gasteiger partial charge in [-0.3, -0.25) is 4.98 Å². The van der Waals surface area contributed by atoms with Gasteiger partial charge >= 0.3 is 6.18 Å². The maximum absolute atomic E-state index is 12.2. The minimum atomic E-state index is -4.59. The lowest BCUT2D eigenvalue weighted by Crippen LogP contribution is -2.39. The number of rotatable bonds is 4. The van der Waals surface area contributed by atoms with Crippen molar-refractivity contribution >= 4 is 21.6 Å². The van der Waals surface area contributed by atoms with Crippen LogP contribution >= 0.6 is 11.3 Å². The molecule has 0 saturated heterocycles. The van der Waals surface area contributed by atoms with Crippen molar-refractivity contribution in [3.05, 3.63) is 29.3 Å². The van der Waals surface area contributed by atoms with Gasteiger partial charge < -0.3 is 10.4 Å². The fourth-order valence-electron chi connectivity index (χ4n) is 1.62. The van der Waals surface area contributed by atoms with E-state index in [0.717, 1.165) is 15.8 Å². The minimum absolute atomic E-state index is 0.309. The molecule has 19 heavy (non-hydrogen) atoms. The van der Waals surface area contributed by atoms with Crippen molar-refractivity contribution in [2.45, 2.75) is 25.2 Å². The molecule has 0 fully saturated rings. The lowest BCUT2D eigenvalue weighted by molar-refractivity contribution is -0.202. The fourth-order valence-corrected chi connectivity index (χ4v) is 2.41. The van der Waals surface area contributed by atoms with E-state index >= 15 is 0 Å². The molecule has 0 bridgehead atoms. The number of pyridine rings is 1. The van der Waals surface area contributed by atoms with Gasteiger partial charge in [0.25, 0.3) is 0 Å². The van der Waals surface area contributed by atoms with Crippen LogP contribution in [0, 0.1) is 0 Å². The topological polar surface area (TPSA) is 45.1 Å². The van der Waals surface area contributed by atoms with Gasteiger partial charge in [-0.2, -0.15) is 13.2 Å². The van der Waals surface area contributed by atoms with Gasteiger partial charge in [-0.05, 0) is 30.0 Å². The van der Waals surface area contributed by atoms with Crippen LogP contribution in [0.5, 0.6) is 0 Å². The van der Waals surface area contributed by atoms with Crippen LogP contribution in [0.1, 0.15) is 18.5 Å². The van der Waals surface area contributed by atoms with Crippen molar-refractivity contribution < 1.29 is 18.3 Å². The van der Waals surface area contributed by atoms with Crippen LogP contribution in [0.4, 0.5) is 13.2 Å². The second kappa shape index (κ2) is 5.44. The first-order chi connectivity index (χ1) is 8.88. The number of hydrogen-bond acceptors (Lipinski definition) is 4. The maximum Gasteiger partial charge on any atom is 0.415 e. The molecule has 2 aromatic heterocycles. The Kier molecular flexibility index (Phi) is 4.07. The molecule has 2 aromatic rings. The van der Waals surface area contributed by atoms with Crippen LogP contribution in [0.25, 0.3) is 10.2 Å². The average Bonchev–Trinajstić information content (AvgIpc) is 2.81. The zero-order valence-electron chi connectivity index (χ0n) is 10.1. The van der Waals surface area contributed by atoms with Crippen LogP contribution in [-0.2, 0) is 0 Å². The minimum Gasteiger partial charge on any atom is -0.382 e. The molecule has 2 unspecified atom stereocenters. The van der Waals surface area contributed by atoms with Gasteiger partial charge in [0.2, 0.25) is 0 Å². The molecule has 0 aliphatic rings. The number of aliphatic hydroxyl groups excluding tert-OH is 1. The summed E-state index contributed by atoms with van der Waals surface area (Å²) in [6.07, 6.45) is -5.32. The molecule has 0 aliphatic carbocycles. The van der Waals surface area contributed by atoms with Gasteiger partial charge in [0.15, 0.2) is 6.10 Å². The standard InChI is InChI=1S/C12H13F3N2OS/c1-7(16-6-11(18)12(13,14)15)8-4-10-9(17-5-8)2-3-19-10/h2-5,7,11,16,18H,6H2,1H3. The third-order valence-electron chi connectivity index (χ3n) is 2.82. The Bertz CT molecular complexity index is 555. The molecule has 0 amide bonds. The van der Waals surface area contributed by atoms with Gasteiger partial charge in [-0.1, -0.05) is 0 Å². The number of halogens is 3. The highest BCUT2D eigenvalue weighted by molar-refractivity contribution is 7.17. The van der Waals surface area contributed by atoms with Crippen molar-refractivity contribution in [3.8, 4) is 0 Å². The number of aromatic nitrogens is 1. The second-order valence-corrected chi connectivity index (χ2v) is 5.21. The molecular formula is C12H13F3N2OS. The highest BCUT2D eigenvalue weighted by Gasteiger charge is 2.37. The number of nitrogens with one attached hydrogen (secondary N) is 1. The van der Waals surface area contributed by atoms with Gasteiger partial charge in [0.05, 0.1) is 10.2 Å². The first-order valence-corrected chi connectivity index (χ1v) is 6.57. The number of thiophene rings is 1. The smallest absolute Gasteiger partial charge is 0.382 e. The van der Waals surface area contributed by atoms with Crippen molar-refractivity contribution in [1.82, 2.24) is 10.3 Å². The van der Waals surface area contributed by atoms with Crippen molar-refractivity contribution in [3.63, 3.8) is 0 Å². The van der Waals surface area contributed by atoms with Gasteiger partial charge in [0.1, 0.15) is 0 Å². The number of nitrogens with zero attached hydrogens (tertiary/aromatic N) is 1. The predicted octanol–water partition coefficient (Wildman–Crippen LogP) is 2.87. The summed E-state index contributed by atoms with van der Waals surface area (Å²) in [7, 11) is 0. The predicted molar refractivity (Wildman–Crippen MR) is 68.1 cm³/mol. The normalized spacial score (nSPS) is 15.6. The first kappa shape index (κ1) is 14.2. The van der Waals surface area contributed by atoms with Crippen LogP contribution in [0.3, 0.4) is 0 Å². The average molecular weight is 290 g/mol. The van der Waals surface area contributed by atoms with E-state index in [1.165, 1.54) is 11.3 Å². The summed E-state index contributed by atoms with van der Waals surface area (Å²) < 4.78 is 37.5. The van der Waals surface area contributed by atoms with Crippen molar-refractivity contribution in [2.75, 3.05) is 6.54 Å². The van der Waals surface area contributed by atoms with E-state index in [1.54, 1.807) is 13.1 Å². The Balaban J connectivity index is 2.01. The molecule has 104 valence electrons. The van der Waals surface area contributed by atoms with Crippen molar-refractivity contribution in [1.29, 1.82) is 0 Å². The fraction of sp³-hybridized carbons (Fsp3) is 0.417. The Morgan fingerprint density at radius 3 is 2.89 bits per heavy atom. The Morgan fingerprint density at radius 1 is 1.47 bits per heavy atom. The number of fused-ring (bicyclic) bond motifs is 1. The zero-order valence-corrected chi connectivity index (χ0v) is 10.9. The maximum atomic E-state index is 12.2. The lowest BCUT2D eigenvalue weighted by Gasteiger charge is -2.19. The largest absolute Gasteiger partial charge is 0.415 e. The molecule has 3 nitrogen and oxygen atoms in total. The van der Waals surface area contributed by atoms with E-state index in [1.807, 2.05) is 17.5 Å². The first-order valence-electron chi connectivity index (χ1n) is 5.69. The van der Waals surface area contributed by atoms with Crippen LogP contribution in [-0.4, -0.2) is 28.9 Å². The van der Waals surface area contributed by atoms with Gasteiger partial charge in [-0.15, -0.1) is 11.3 Å². The van der Waals surface area contributed by atoms with E-state index in [-0.39, 0.29) is 6.04 Å². The number of aliphatic hydroxyl groups is 1. The zero-order chi connectivity index (χ0) is 14.0. The Hall–Kier alpha value is -1.18. The summed E-state index contributed by atoms with van der Waals surface area (Å²) in [5.74, 6) is 0. The molecule has 2 rings (SSSR count). The lowest BCUT2D eigenvalue weighted by atomic mass is 10.1. The molecule has 0 radical (unpaired) electrons. The molecular weight excluding hydrogens is 277 g/mol. The summed E-state index contributed by atoms with van der Waals surface area (Å²) in [5, 5.41) is 13.5. The quantitative estimate of drug-likeness (QED) is 0.910. The molecule has 0 aliphatic heterocycles. The van der Waals surface area contributed by atoms with Crippen LogP contribution in [0.15, 0.2) is 23.7 Å². The molecule has 0 spiro atoms. The molecule has 2 heterocycles. The highest BCUT2D eigenvalue weighted by atomic mass is 32.1. The summed E-state index contributed by atoms with van der Waals surface area (Å²) in [6, 6.07) is 3.47. The number of hydrogen-bond donors (Lipinski definition) is 2. The molecule has 2 N–H and O–H groups in total. The van der Waals surface area contributed by atoms with Crippen LogP contribution < -0.4 is 5.32 Å². The van der Waals surface area contributed by atoms with E-state index in [4.69, 9.17) is 5.11 Å². The third-order valence-corrected chi connectivity index (χ3v) is 3.67. The molecule has 7 heteroatoms. The number of alkyl halides is 3. The van der Waals surface area contributed by atoms with E-state index in [2.05, 4.69) is 10.3 Å². The molecule has 0 aromatic carbocycles. The van der Waals surface area contributed by atoms with Crippen LogP contribution in [0.2, 0.25) is 0 Å². The SMILES string of the molecule is CC(NCC(O)C(F)(F)F)c1cnc2ccsc2c1. The van der Waals surface area contributed by atoms with Gasteiger partial charge in [-0.25, -0.2) is 0 Å². The van der Waals surface area contributed by atoms with Gasteiger partial charge in [0, 0.05) is 18.8 Å². The Morgan fingerprint density at radius 2 is 2.21 bits per heavy atom.